The van der Waals surface area contributed by atoms with Gasteiger partial charge >= 0.3 is 0 Å². The molecule has 2 fully saturated rings. The zero-order chi connectivity index (χ0) is 19.1. The lowest BCUT2D eigenvalue weighted by atomic mass is 10.0. The second-order valence-corrected chi connectivity index (χ2v) is 8.88. The number of thiophene rings is 1. The smallest absolute Gasteiger partial charge is 0.160 e. The topological polar surface area (TPSA) is 30.9 Å². The van der Waals surface area contributed by atoms with Crippen LogP contribution in [0.15, 0.2) is 34.6 Å². The van der Waals surface area contributed by atoms with Gasteiger partial charge in [0.1, 0.15) is 17.5 Å². The summed E-state index contributed by atoms with van der Waals surface area (Å²) in [7, 11) is 0. The van der Waals surface area contributed by atoms with E-state index in [-0.39, 0.29) is 0 Å². The zero-order valence-electron chi connectivity index (χ0n) is 15.7. The average Bonchev–Trinajstić information content (AvgIpc) is 3.37. The lowest BCUT2D eigenvalue weighted by molar-refractivity contribution is 0.202. The van der Waals surface area contributed by atoms with E-state index < -0.39 is 11.6 Å². The number of nitrogens with one attached hydrogen (secondary N) is 1. The third-order valence-electron chi connectivity index (χ3n) is 5.94. The molecule has 2 aromatic rings. The molecule has 4 nitrogen and oxygen atoms in total. The van der Waals surface area contributed by atoms with Gasteiger partial charge in [0.05, 0.1) is 5.56 Å². The molecule has 5 rings (SSSR count). The highest BCUT2D eigenvalue weighted by atomic mass is 32.1. The van der Waals surface area contributed by atoms with Gasteiger partial charge in [0, 0.05) is 37.4 Å². The van der Waals surface area contributed by atoms with Crippen molar-refractivity contribution in [2.24, 2.45) is 10.9 Å². The molecule has 1 saturated heterocycles. The normalized spacial score (nSPS) is 20.8. The van der Waals surface area contributed by atoms with Crippen molar-refractivity contribution in [3.63, 3.8) is 0 Å². The monoisotopic (exact) mass is 402 g/mol. The molecule has 0 bridgehead atoms. The van der Waals surface area contributed by atoms with Gasteiger partial charge in [0.2, 0.25) is 0 Å². The van der Waals surface area contributed by atoms with Crippen LogP contribution in [0, 0.1) is 17.6 Å². The fraction of sp³-hybridized carbons (Fsp3) is 0.476. The van der Waals surface area contributed by atoms with Gasteiger partial charge in [-0.05, 0) is 55.2 Å². The van der Waals surface area contributed by atoms with E-state index in [2.05, 4.69) is 26.6 Å². The summed E-state index contributed by atoms with van der Waals surface area (Å²) >= 11 is 1.73. The van der Waals surface area contributed by atoms with E-state index in [0.717, 1.165) is 23.4 Å². The van der Waals surface area contributed by atoms with Crippen LogP contribution in [-0.4, -0.2) is 43.1 Å². The summed E-state index contributed by atoms with van der Waals surface area (Å²) in [6, 6.07) is 6.42. The van der Waals surface area contributed by atoms with Gasteiger partial charge in [0.15, 0.2) is 11.6 Å². The fourth-order valence-electron chi connectivity index (χ4n) is 4.18. The second-order valence-electron chi connectivity index (χ2n) is 7.99. The first-order chi connectivity index (χ1) is 13.7. The molecule has 3 heterocycles. The molecule has 1 saturated carbocycles. The number of piperidine rings is 1. The van der Waals surface area contributed by atoms with Crippen molar-refractivity contribution in [2.45, 2.75) is 31.7 Å². The predicted octanol–water partition coefficient (Wildman–Crippen LogP) is 4.54. The Morgan fingerprint density at radius 3 is 2.64 bits per heavy atom. The number of benzene rings is 1. The number of likely N-dealkylation sites (tertiary alicyclic amines) is 1. The summed E-state index contributed by atoms with van der Waals surface area (Å²) < 4.78 is 26.7. The Labute approximate surface area is 167 Å². The first kappa shape index (κ1) is 18.1. The van der Waals surface area contributed by atoms with Crippen LogP contribution in [0.3, 0.4) is 0 Å². The van der Waals surface area contributed by atoms with Crippen LogP contribution in [-0.2, 0) is 0 Å². The van der Waals surface area contributed by atoms with Crippen molar-refractivity contribution in [1.29, 1.82) is 0 Å². The Bertz CT molecular complexity index is 884. The van der Waals surface area contributed by atoms with E-state index in [1.54, 1.807) is 11.3 Å². The molecule has 1 aliphatic carbocycles. The van der Waals surface area contributed by atoms with Crippen LogP contribution >= 0.6 is 11.3 Å². The number of hydrogen-bond donors (Lipinski definition) is 1. The van der Waals surface area contributed by atoms with E-state index in [1.165, 1.54) is 62.5 Å². The van der Waals surface area contributed by atoms with Crippen molar-refractivity contribution in [2.75, 3.05) is 36.5 Å². The summed E-state index contributed by atoms with van der Waals surface area (Å²) in [4.78, 5) is 9.77. The Morgan fingerprint density at radius 1 is 1.07 bits per heavy atom. The summed E-state index contributed by atoms with van der Waals surface area (Å²) in [5.74, 6) is -0.0206. The highest BCUT2D eigenvalue weighted by Crippen LogP contribution is 2.36. The highest BCUT2D eigenvalue weighted by molar-refractivity contribution is 7.14. The number of aliphatic imine (C=N–C) groups is 1. The van der Waals surface area contributed by atoms with E-state index in [9.17, 15) is 8.78 Å². The highest BCUT2D eigenvalue weighted by Gasteiger charge is 2.32. The molecule has 3 aliphatic rings. The molecule has 7 heteroatoms. The number of anilines is 2. The fourth-order valence-corrected chi connectivity index (χ4v) is 5.15. The summed E-state index contributed by atoms with van der Waals surface area (Å²) in [5, 5.41) is 6.47. The Morgan fingerprint density at radius 2 is 1.89 bits per heavy atom. The molecule has 1 aromatic carbocycles. The molecular formula is C21H24F2N4S. The van der Waals surface area contributed by atoms with Gasteiger partial charge in [-0.3, -0.25) is 0 Å². The minimum atomic E-state index is -0.855. The first-order valence-electron chi connectivity index (χ1n) is 10.0. The van der Waals surface area contributed by atoms with E-state index in [0.29, 0.717) is 18.4 Å². The molecule has 2 aliphatic heterocycles. The van der Waals surface area contributed by atoms with Crippen molar-refractivity contribution in [3.8, 4) is 0 Å². The number of halogens is 2. The molecule has 1 aromatic heterocycles. The number of hydrogen-bond acceptors (Lipinski definition) is 5. The van der Waals surface area contributed by atoms with Gasteiger partial charge in [-0.15, -0.1) is 11.3 Å². The molecular weight excluding hydrogens is 378 g/mol. The molecule has 0 spiro atoms. The lowest BCUT2D eigenvalue weighted by Crippen LogP contribution is -2.47. The van der Waals surface area contributed by atoms with Gasteiger partial charge in [0.25, 0.3) is 0 Å². The third-order valence-corrected chi connectivity index (χ3v) is 6.89. The maximum atomic E-state index is 13.5. The van der Waals surface area contributed by atoms with Crippen LogP contribution in [0.1, 0.15) is 31.2 Å². The molecule has 0 unspecified atom stereocenters. The third kappa shape index (κ3) is 3.65. The standard InChI is InChI=1S/C21H24F2N4S/c22-18-4-3-15(11-19(18)23)25-20-17-7-10-28-21(17)27(13-24-20)16-5-8-26(9-6-16)12-14-1-2-14/h3-4,7,10-11,14,16H,1-2,5-6,8-9,12-13H2,(H,24,25). The molecule has 0 atom stereocenters. The number of fused-ring (bicyclic) bond motifs is 1. The Balaban J connectivity index is 1.28. The lowest BCUT2D eigenvalue weighted by Gasteiger charge is -2.40. The summed E-state index contributed by atoms with van der Waals surface area (Å²) in [6.07, 6.45) is 5.16. The quantitative estimate of drug-likeness (QED) is 0.815. The second kappa shape index (κ2) is 7.44. The molecule has 0 radical (unpaired) electrons. The van der Waals surface area contributed by atoms with Gasteiger partial charge in [-0.2, -0.15) is 0 Å². The summed E-state index contributed by atoms with van der Waals surface area (Å²) in [6.45, 7) is 4.22. The average molecular weight is 403 g/mol. The van der Waals surface area contributed by atoms with Crippen molar-refractivity contribution in [3.05, 3.63) is 46.8 Å². The Kier molecular flexibility index (Phi) is 4.80. The van der Waals surface area contributed by atoms with Gasteiger partial charge < -0.3 is 15.1 Å². The van der Waals surface area contributed by atoms with E-state index in [4.69, 9.17) is 4.99 Å². The maximum absolute atomic E-state index is 13.5. The van der Waals surface area contributed by atoms with Gasteiger partial charge in [-0.1, -0.05) is 0 Å². The zero-order valence-corrected chi connectivity index (χ0v) is 16.5. The number of rotatable bonds is 4. The van der Waals surface area contributed by atoms with Crippen LogP contribution < -0.4 is 10.2 Å². The SMILES string of the molecule is Fc1ccc(NC2=NCN(C3CCN(CC4CC4)CC3)c3sccc32)cc1F. The number of nitrogens with zero attached hydrogens (tertiary/aromatic N) is 3. The van der Waals surface area contributed by atoms with Crippen molar-refractivity contribution in [1.82, 2.24) is 4.90 Å². The van der Waals surface area contributed by atoms with Gasteiger partial charge in [-0.25, -0.2) is 13.8 Å². The maximum Gasteiger partial charge on any atom is 0.160 e. The molecule has 1 N–H and O–H groups in total. The first-order valence-corrected chi connectivity index (χ1v) is 10.9. The predicted molar refractivity (Wildman–Crippen MR) is 110 cm³/mol. The van der Waals surface area contributed by atoms with Crippen LogP contribution in [0.2, 0.25) is 0 Å². The summed E-state index contributed by atoms with van der Waals surface area (Å²) in [5.41, 5.74) is 1.55. The van der Waals surface area contributed by atoms with Crippen LogP contribution in [0.4, 0.5) is 19.5 Å². The van der Waals surface area contributed by atoms with Crippen LogP contribution in [0.25, 0.3) is 0 Å². The Hall–Kier alpha value is -1.99. The minimum absolute atomic E-state index is 0.511. The molecule has 28 heavy (non-hydrogen) atoms. The van der Waals surface area contributed by atoms with Crippen molar-refractivity contribution >= 4 is 27.9 Å². The van der Waals surface area contributed by atoms with E-state index >= 15 is 0 Å². The van der Waals surface area contributed by atoms with E-state index in [1.807, 2.05) is 0 Å². The number of amidine groups is 1. The minimum Gasteiger partial charge on any atom is -0.340 e. The van der Waals surface area contributed by atoms with Crippen LogP contribution in [0.5, 0.6) is 0 Å². The largest absolute Gasteiger partial charge is 0.340 e. The molecule has 148 valence electrons. The van der Waals surface area contributed by atoms with Crippen molar-refractivity contribution < 1.29 is 8.78 Å². The molecule has 0 amide bonds.